The number of aromatic nitrogens is 1. The highest BCUT2D eigenvalue weighted by Crippen LogP contribution is 2.39. The maximum Gasteiger partial charge on any atom is 0.217 e. The Balaban J connectivity index is 3.14. The minimum absolute atomic E-state index is 0.341. The maximum absolute atomic E-state index is 5.64. The molecule has 1 aromatic heterocycles. The topological polar surface area (TPSA) is 12.9 Å². The van der Waals surface area contributed by atoms with Crippen LogP contribution in [0.1, 0.15) is 5.56 Å². The molecule has 1 heterocycles. The number of alkyl halides is 3. The summed E-state index contributed by atoms with van der Waals surface area (Å²) in [7, 11) is 0. The molecule has 0 N–H and O–H groups in total. The molecular formula is C6H2BrCl4N. The summed E-state index contributed by atoms with van der Waals surface area (Å²) in [5, 5.41) is 0.341. The fourth-order valence-corrected chi connectivity index (χ4v) is 1.34. The van der Waals surface area contributed by atoms with Crippen molar-refractivity contribution in [2.45, 2.75) is 3.79 Å². The largest absolute Gasteiger partial charge is 0.243 e. The van der Waals surface area contributed by atoms with Crippen molar-refractivity contribution in [2.24, 2.45) is 0 Å². The molecule has 12 heavy (non-hydrogen) atoms. The lowest BCUT2D eigenvalue weighted by Crippen LogP contribution is -2.00. The lowest BCUT2D eigenvalue weighted by Gasteiger charge is -2.10. The molecule has 0 unspecified atom stereocenters. The highest BCUT2D eigenvalue weighted by atomic mass is 79.9. The molecule has 0 amide bonds. The number of hydrogen-bond donors (Lipinski definition) is 0. The quantitative estimate of drug-likeness (QED) is 0.513. The van der Waals surface area contributed by atoms with Crippen molar-refractivity contribution in [1.82, 2.24) is 4.98 Å². The molecule has 0 saturated heterocycles. The van der Waals surface area contributed by atoms with Crippen molar-refractivity contribution in [3.05, 3.63) is 27.5 Å². The lowest BCUT2D eigenvalue weighted by atomic mass is 10.3. The molecule has 66 valence electrons. The number of hydrogen-bond acceptors (Lipinski definition) is 1. The predicted molar refractivity (Wildman–Crippen MR) is 56.2 cm³/mol. The second-order valence-electron chi connectivity index (χ2n) is 1.99. The number of halogens is 5. The van der Waals surface area contributed by atoms with Gasteiger partial charge in [0.25, 0.3) is 0 Å². The van der Waals surface area contributed by atoms with E-state index in [0.29, 0.717) is 15.2 Å². The van der Waals surface area contributed by atoms with Crippen LogP contribution in [-0.4, -0.2) is 4.98 Å². The first-order valence-corrected chi connectivity index (χ1v) is 5.10. The second-order valence-corrected chi connectivity index (χ2v) is 5.49. The average molecular weight is 310 g/mol. The molecule has 0 bridgehead atoms. The van der Waals surface area contributed by atoms with Gasteiger partial charge in [-0.1, -0.05) is 46.4 Å². The van der Waals surface area contributed by atoms with Crippen molar-refractivity contribution in [3.63, 3.8) is 0 Å². The molecule has 0 aliphatic heterocycles. The van der Waals surface area contributed by atoms with E-state index in [9.17, 15) is 0 Å². The normalized spacial score (nSPS) is 11.8. The zero-order valence-corrected chi connectivity index (χ0v) is 10.1. The first kappa shape index (κ1) is 10.9. The summed E-state index contributed by atoms with van der Waals surface area (Å²) < 4.78 is -0.854. The summed E-state index contributed by atoms with van der Waals surface area (Å²) in [6.07, 6.45) is 1.42. The fourth-order valence-electron chi connectivity index (χ4n) is 0.576. The first-order valence-electron chi connectivity index (χ1n) is 2.79. The van der Waals surface area contributed by atoms with E-state index in [2.05, 4.69) is 20.9 Å². The standard InChI is InChI=1S/C6H2BrCl4N/c7-4-1-3(6(9,10)11)2-12-5(4)8/h1-2H. The number of nitrogens with zero attached hydrogens (tertiary/aromatic N) is 1. The average Bonchev–Trinajstić information content (AvgIpc) is 1.92. The molecule has 0 aliphatic carbocycles. The van der Waals surface area contributed by atoms with E-state index in [4.69, 9.17) is 46.4 Å². The number of rotatable bonds is 0. The van der Waals surface area contributed by atoms with E-state index in [1.165, 1.54) is 6.20 Å². The molecule has 0 atom stereocenters. The van der Waals surface area contributed by atoms with Crippen molar-refractivity contribution in [1.29, 1.82) is 0 Å². The van der Waals surface area contributed by atoms with E-state index in [0.717, 1.165) is 0 Å². The molecule has 0 fully saturated rings. The molecule has 1 aromatic rings. The van der Waals surface area contributed by atoms with Crippen LogP contribution in [0.25, 0.3) is 0 Å². The van der Waals surface area contributed by atoms with Crippen LogP contribution in [0.5, 0.6) is 0 Å². The zero-order valence-electron chi connectivity index (χ0n) is 5.49. The number of pyridine rings is 1. The van der Waals surface area contributed by atoms with Crippen LogP contribution in [0.2, 0.25) is 5.15 Å². The molecule has 0 saturated carbocycles. The highest BCUT2D eigenvalue weighted by molar-refractivity contribution is 9.10. The van der Waals surface area contributed by atoms with Crippen LogP contribution in [0.15, 0.2) is 16.7 Å². The van der Waals surface area contributed by atoms with Gasteiger partial charge in [-0.25, -0.2) is 4.98 Å². The Hall–Kier alpha value is 0.790. The minimum atomic E-state index is -1.46. The van der Waals surface area contributed by atoms with Gasteiger partial charge in [0, 0.05) is 11.8 Å². The monoisotopic (exact) mass is 307 g/mol. The third kappa shape index (κ3) is 2.64. The molecular weight excluding hydrogens is 308 g/mol. The second kappa shape index (κ2) is 3.89. The molecule has 1 nitrogen and oxygen atoms in total. The molecule has 0 spiro atoms. The summed E-state index contributed by atoms with van der Waals surface area (Å²) in [6, 6.07) is 1.61. The lowest BCUT2D eigenvalue weighted by molar-refractivity contribution is 1.16. The van der Waals surface area contributed by atoms with Crippen LogP contribution in [0, 0.1) is 0 Å². The third-order valence-electron chi connectivity index (χ3n) is 1.12. The summed E-state index contributed by atoms with van der Waals surface area (Å²) >= 11 is 25.6. The van der Waals surface area contributed by atoms with Gasteiger partial charge in [-0.2, -0.15) is 0 Å². The van der Waals surface area contributed by atoms with Gasteiger partial charge in [-0.3, -0.25) is 0 Å². The third-order valence-corrected chi connectivity index (χ3v) is 2.91. The SMILES string of the molecule is Clc1ncc(C(Cl)(Cl)Cl)cc1Br. The van der Waals surface area contributed by atoms with Crippen LogP contribution >= 0.6 is 62.3 Å². The van der Waals surface area contributed by atoms with Crippen LogP contribution < -0.4 is 0 Å². The predicted octanol–water partition coefficient (Wildman–Crippen LogP) is 4.32. The summed E-state index contributed by atoms with van der Waals surface area (Å²) in [6.45, 7) is 0. The molecule has 0 aliphatic rings. The van der Waals surface area contributed by atoms with E-state index in [1.54, 1.807) is 6.07 Å². The highest BCUT2D eigenvalue weighted by Gasteiger charge is 2.23. The van der Waals surface area contributed by atoms with Gasteiger partial charge < -0.3 is 0 Å². The van der Waals surface area contributed by atoms with Crippen LogP contribution in [-0.2, 0) is 3.79 Å². The minimum Gasteiger partial charge on any atom is -0.243 e. The molecule has 6 heteroatoms. The maximum atomic E-state index is 5.64. The first-order chi connectivity index (χ1) is 5.41. The van der Waals surface area contributed by atoms with Gasteiger partial charge in [-0.15, -0.1) is 0 Å². The summed E-state index contributed by atoms with van der Waals surface area (Å²) in [5.74, 6) is 0. The van der Waals surface area contributed by atoms with Gasteiger partial charge in [0.2, 0.25) is 3.79 Å². The zero-order chi connectivity index (χ0) is 9.35. The van der Waals surface area contributed by atoms with Gasteiger partial charge in [0.15, 0.2) is 0 Å². The Morgan fingerprint density at radius 3 is 2.33 bits per heavy atom. The van der Waals surface area contributed by atoms with Gasteiger partial charge in [-0.05, 0) is 22.0 Å². The van der Waals surface area contributed by atoms with E-state index >= 15 is 0 Å². The fraction of sp³-hybridized carbons (Fsp3) is 0.167. The smallest absolute Gasteiger partial charge is 0.217 e. The Bertz CT molecular complexity index is 296. The van der Waals surface area contributed by atoms with Crippen LogP contribution in [0.3, 0.4) is 0 Å². The van der Waals surface area contributed by atoms with Crippen molar-refractivity contribution >= 4 is 62.3 Å². The Kier molecular flexibility index (Phi) is 3.52. The molecule has 1 rings (SSSR count). The van der Waals surface area contributed by atoms with E-state index in [1.807, 2.05) is 0 Å². The summed E-state index contributed by atoms with van der Waals surface area (Å²) in [4.78, 5) is 3.81. The van der Waals surface area contributed by atoms with Gasteiger partial charge >= 0.3 is 0 Å². The van der Waals surface area contributed by atoms with Crippen molar-refractivity contribution < 1.29 is 0 Å². The van der Waals surface area contributed by atoms with Crippen LogP contribution in [0.4, 0.5) is 0 Å². The Labute approximate surface area is 98.1 Å². The molecule has 0 aromatic carbocycles. The Morgan fingerprint density at radius 2 is 1.92 bits per heavy atom. The Morgan fingerprint density at radius 1 is 1.33 bits per heavy atom. The summed E-state index contributed by atoms with van der Waals surface area (Å²) in [5.41, 5.74) is 0.476. The van der Waals surface area contributed by atoms with Crippen molar-refractivity contribution in [2.75, 3.05) is 0 Å². The van der Waals surface area contributed by atoms with Gasteiger partial charge in [0.1, 0.15) is 5.15 Å². The van der Waals surface area contributed by atoms with E-state index < -0.39 is 3.79 Å². The van der Waals surface area contributed by atoms with Crippen molar-refractivity contribution in [3.8, 4) is 0 Å². The van der Waals surface area contributed by atoms with E-state index in [-0.39, 0.29) is 0 Å². The van der Waals surface area contributed by atoms with Gasteiger partial charge in [0.05, 0.1) is 4.47 Å². The molecule has 0 radical (unpaired) electrons.